The average molecular weight is 396 g/mol. The van der Waals surface area contributed by atoms with Crippen LogP contribution in [0.2, 0.25) is 0 Å². The Hall–Kier alpha value is -2.64. The molecule has 1 aromatic heterocycles. The van der Waals surface area contributed by atoms with Gasteiger partial charge in [0.25, 0.3) is 0 Å². The molecule has 2 fully saturated rings. The molecule has 2 heterocycles. The van der Waals surface area contributed by atoms with Gasteiger partial charge in [-0.25, -0.2) is 9.78 Å². The maximum Gasteiger partial charge on any atom is 0.320 e. The number of pyridine rings is 1. The van der Waals surface area contributed by atoms with Crippen LogP contribution in [-0.4, -0.2) is 54.3 Å². The summed E-state index contributed by atoms with van der Waals surface area (Å²) in [5.74, 6) is 1.87. The van der Waals surface area contributed by atoms with Crippen LogP contribution >= 0.6 is 0 Å². The summed E-state index contributed by atoms with van der Waals surface area (Å²) in [7, 11) is 1.77. The largest absolute Gasteiger partial charge is 0.456 e. The molecule has 3 atom stereocenters. The number of hydrogen-bond acceptors (Lipinski definition) is 5. The monoisotopic (exact) mass is 396 g/mol. The molecule has 1 aliphatic carbocycles. The molecule has 1 aliphatic heterocycles. The Kier molecular flexibility index (Phi) is 6.27. The maximum atomic E-state index is 12.5. The van der Waals surface area contributed by atoms with Gasteiger partial charge in [-0.3, -0.25) is 10.2 Å². The summed E-state index contributed by atoms with van der Waals surface area (Å²) >= 11 is 0. The van der Waals surface area contributed by atoms with Gasteiger partial charge in [0, 0.05) is 32.3 Å². The zero-order valence-electron chi connectivity index (χ0n) is 16.7. The number of nitrogens with zero attached hydrogens (tertiary/aromatic N) is 2. The molecule has 1 saturated carbocycles. The van der Waals surface area contributed by atoms with E-state index in [1.807, 2.05) is 30.3 Å². The van der Waals surface area contributed by atoms with Crippen molar-refractivity contribution >= 4 is 11.8 Å². The van der Waals surface area contributed by atoms with Crippen molar-refractivity contribution in [2.45, 2.75) is 43.9 Å². The lowest BCUT2D eigenvalue weighted by molar-refractivity contribution is 0.0985. The molecule has 2 aliphatic rings. The van der Waals surface area contributed by atoms with Crippen LogP contribution in [-0.2, 0) is 4.74 Å². The number of ether oxygens (including phenoxy) is 2. The first-order valence-corrected chi connectivity index (χ1v) is 10.2. The molecule has 1 unspecified atom stereocenters. The zero-order chi connectivity index (χ0) is 20.1. The van der Waals surface area contributed by atoms with Crippen LogP contribution in [0.15, 0.2) is 48.7 Å². The fourth-order valence-corrected chi connectivity index (χ4v) is 4.25. The molecule has 4 rings (SSSR count). The third kappa shape index (κ3) is 5.05. The maximum absolute atomic E-state index is 12.5. The molecule has 7 heteroatoms. The number of benzene rings is 1. The van der Waals surface area contributed by atoms with E-state index in [0.29, 0.717) is 23.7 Å². The highest BCUT2D eigenvalue weighted by Crippen LogP contribution is 2.28. The van der Waals surface area contributed by atoms with Gasteiger partial charge in [-0.15, -0.1) is 0 Å². The minimum atomic E-state index is -0.214. The standard InChI is InChI=1S/C22H28N4O3/c1-28-18-12-13-26(15-18)20-9-5-8-19(20)24-22(27)25-21-11-10-17(14-23-21)29-16-6-3-2-4-7-16/h2-4,6-7,10-11,14,18-20H,5,8-9,12-13,15H2,1H3,(H2,23,24,25,27)/t18?,19-,20+/m0/s1. The highest BCUT2D eigenvalue weighted by atomic mass is 16.5. The molecule has 29 heavy (non-hydrogen) atoms. The number of para-hydroxylation sites is 1. The van der Waals surface area contributed by atoms with E-state index in [4.69, 9.17) is 9.47 Å². The van der Waals surface area contributed by atoms with E-state index in [2.05, 4.69) is 20.5 Å². The normalized spacial score (nSPS) is 24.4. The van der Waals surface area contributed by atoms with E-state index in [1.54, 1.807) is 25.4 Å². The van der Waals surface area contributed by atoms with Gasteiger partial charge in [0.1, 0.15) is 17.3 Å². The summed E-state index contributed by atoms with van der Waals surface area (Å²) in [4.78, 5) is 19.2. The Morgan fingerprint density at radius 3 is 2.69 bits per heavy atom. The predicted octanol–water partition coefficient (Wildman–Crippen LogP) is 3.64. The second-order valence-corrected chi connectivity index (χ2v) is 7.64. The van der Waals surface area contributed by atoms with Crippen molar-refractivity contribution in [3.8, 4) is 11.5 Å². The topological polar surface area (TPSA) is 75.7 Å². The number of carbonyl (C=O) groups excluding carboxylic acids is 1. The number of hydrogen-bond donors (Lipinski definition) is 2. The Morgan fingerprint density at radius 1 is 1.10 bits per heavy atom. The summed E-state index contributed by atoms with van der Waals surface area (Å²) in [6.45, 7) is 1.98. The second kappa shape index (κ2) is 9.24. The van der Waals surface area contributed by atoms with Crippen LogP contribution in [0.25, 0.3) is 0 Å². The van der Waals surface area contributed by atoms with Crippen LogP contribution in [0, 0.1) is 0 Å². The lowest BCUT2D eigenvalue weighted by Gasteiger charge is -2.29. The molecule has 0 radical (unpaired) electrons. The lowest BCUT2D eigenvalue weighted by atomic mass is 10.1. The first-order chi connectivity index (χ1) is 14.2. The van der Waals surface area contributed by atoms with Crippen LogP contribution < -0.4 is 15.4 Å². The molecular formula is C22H28N4O3. The molecule has 0 bridgehead atoms. The number of methoxy groups -OCH3 is 1. The van der Waals surface area contributed by atoms with E-state index >= 15 is 0 Å². The van der Waals surface area contributed by atoms with Crippen molar-refractivity contribution in [2.75, 3.05) is 25.5 Å². The fourth-order valence-electron chi connectivity index (χ4n) is 4.25. The summed E-state index contributed by atoms with van der Waals surface area (Å²) in [6, 6.07) is 13.4. The van der Waals surface area contributed by atoms with Gasteiger partial charge in [0.15, 0.2) is 0 Å². The van der Waals surface area contributed by atoms with E-state index in [1.165, 1.54) is 0 Å². The van der Waals surface area contributed by atoms with Crippen LogP contribution in [0.5, 0.6) is 11.5 Å². The molecule has 0 spiro atoms. The van der Waals surface area contributed by atoms with Gasteiger partial charge in [0.2, 0.25) is 0 Å². The first-order valence-electron chi connectivity index (χ1n) is 10.2. The minimum Gasteiger partial charge on any atom is -0.456 e. The van der Waals surface area contributed by atoms with Crippen LogP contribution in [0.4, 0.5) is 10.6 Å². The summed E-state index contributed by atoms with van der Waals surface area (Å²) in [6.07, 6.45) is 6.23. The molecular weight excluding hydrogens is 368 g/mol. The average Bonchev–Trinajstić information content (AvgIpc) is 3.39. The van der Waals surface area contributed by atoms with E-state index in [0.717, 1.165) is 44.5 Å². The Labute approximate surface area is 171 Å². The van der Waals surface area contributed by atoms with Crippen LogP contribution in [0.1, 0.15) is 25.7 Å². The van der Waals surface area contributed by atoms with Crippen molar-refractivity contribution in [3.05, 3.63) is 48.7 Å². The third-order valence-corrected chi connectivity index (χ3v) is 5.73. The highest BCUT2D eigenvalue weighted by Gasteiger charge is 2.36. The van der Waals surface area contributed by atoms with Gasteiger partial charge < -0.3 is 14.8 Å². The van der Waals surface area contributed by atoms with Crippen molar-refractivity contribution in [1.82, 2.24) is 15.2 Å². The third-order valence-electron chi connectivity index (χ3n) is 5.73. The summed E-state index contributed by atoms with van der Waals surface area (Å²) in [5, 5.41) is 5.97. The molecule has 2 aromatic rings. The Balaban J connectivity index is 1.29. The number of rotatable bonds is 6. The van der Waals surface area contributed by atoms with E-state index in [9.17, 15) is 4.79 Å². The first kappa shape index (κ1) is 19.7. The quantitative estimate of drug-likeness (QED) is 0.780. The van der Waals surface area contributed by atoms with Crippen molar-refractivity contribution in [1.29, 1.82) is 0 Å². The number of aromatic nitrogens is 1. The molecule has 7 nitrogen and oxygen atoms in total. The smallest absolute Gasteiger partial charge is 0.320 e. The number of likely N-dealkylation sites (tertiary alicyclic amines) is 1. The Bertz CT molecular complexity index is 799. The van der Waals surface area contributed by atoms with E-state index in [-0.39, 0.29) is 12.1 Å². The van der Waals surface area contributed by atoms with Crippen molar-refractivity contribution in [3.63, 3.8) is 0 Å². The fraction of sp³-hybridized carbons (Fsp3) is 0.455. The molecule has 1 aromatic carbocycles. The number of anilines is 1. The van der Waals surface area contributed by atoms with Crippen molar-refractivity contribution < 1.29 is 14.3 Å². The predicted molar refractivity (Wildman–Crippen MR) is 111 cm³/mol. The van der Waals surface area contributed by atoms with Gasteiger partial charge in [-0.05, 0) is 49.9 Å². The van der Waals surface area contributed by atoms with Gasteiger partial charge in [-0.1, -0.05) is 18.2 Å². The molecule has 2 N–H and O–H groups in total. The van der Waals surface area contributed by atoms with Gasteiger partial charge in [0.05, 0.1) is 12.3 Å². The number of nitrogens with one attached hydrogen (secondary N) is 2. The number of urea groups is 1. The minimum absolute atomic E-state index is 0.159. The summed E-state index contributed by atoms with van der Waals surface area (Å²) < 4.78 is 11.2. The molecule has 1 saturated heterocycles. The van der Waals surface area contributed by atoms with Crippen molar-refractivity contribution in [2.24, 2.45) is 0 Å². The number of amides is 2. The highest BCUT2D eigenvalue weighted by molar-refractivity contribution is 5.88. The summed E-state index contributed by atoms with van der Waals surface area (Å²) in [5.41, 5.74) is 0. The second-order valence-electron chi connectivity index (χ2n) is 7.64. The zero-order valence-corrected chi connectivity index (χ0v) is 16.7. The number of carbonyl (C=O) groups is 1. The lowest BCUT2D eigenvalue weighted by Crippen LogP contribution is -2.49. The SMILES string of the molecule is COC1CCN([C@@H]2CCC[C@@H]2NC(=O)Nc2ccc(Oc3ccccc3)cn2)C1. The molecule has 2 amide bonds. The molecule has 154 valence electrons. The Morgan fingerprint density at radius 2 is 1.97 bits per heavy atom. The van der Waals surface area contributed by atoms with Gasteiger partial charge >= 0.3 is 6.03 Å². The van der Waals surface area contributed by atoms with Crippen LogP contribution in [0.3, 0.4) is 0 Å². The van der Waals surface area contributed by atoms with Gasteiger partial charge in [-0.2, -0.15) is 0 Å². The van der Waals surface area contributed by atoms with E-state index < -0.39 is 0 Å².